The minimum atomic E-state index is -0.154. The lowest BCUT2D eigenvalue weighted by Gasteiger charge is -2.13. The second-order valence-corrected chi connectivity index (χ2v) is 5.76. The monoisotopic (exact) mass is 363 g/mol. The largest absolute Gasteiger partial charge is 0.496 e. The van der Waals surface area contributed by atoms with Crippen LogP contribution in [-0.2, 0) is 4.79 Å². The van der Waals surface area contributed by atoms with Crippen LogP contribution in [-0.4, -0.2) is 30.1 Å². The van der Waals surface area contributed by atoms with Gasteiger partial charge < -0.3 is 9.47 Å². The molecule has 1 N–H and O–H groups in total. The van der Waals surface area contributed by atoms with E-state index in [2.05, 4.69) is 15.3 Å². The van der Waals surface area contributed by atoms with Crippen LogP contribution in [0.5, 0.6) is 11.5 Å². The maximum absolute atomic E-state index is 11.9. The Hall–Kier alpha value is -3.41. The Bertz CT molecular complexity index is 891. The predicted molar refractivity (Wildman–Crippen MR) is 105 cm³/mol. The van der Waals surface area contributed by atoms with Crippen molar-refractivity contribution in [2.45, 2.75) is 13.3 Å². The van der Waals surface area contributed by atoms with Crippen molar-refractivity contribution in [1.82, 2.24) is 9.97 Å². The Morgan fingerprint density at radius 3 is 1.81 bits per heavy atom. The molecule has 3 aromatic rings. The molecule has 0 aliphatic carbocycles. The van der Waals surface area contributed by atoms with Crippen LogP contribution in [0.25, 0.3) is 22.5 Å². The van der Waals surface area contributed by atoms with Gasteiger partial charge in [0.15, 0.2) is 0 Å². The van der Waals surface area contributed by atoms with Gasteiger partial charge in [-0.25, -0.2) is 9.97 Å². The maximum atomic E-state index is 11.9. The number of aromatic nitrogens is 2. The van der Waals surface area contributed by atoms with E-state index in [0.717, 1.165) is 11.1 Å². The predicted octanol–water partition coefficient (Wildman–Crippen LogP) is 4.18. The molecule has 1 amide bonds. The van der Waals surface area contributed by atoms with E-state index in [1.165, 1.54) is 0 Å². The summed E-state index contributed by atoms with van der Waals surface area (Å²) in [6, 6.07) is 17.0. The van der Waals surface area contributed by atoms with Crippen LogP contribution in [0.1, 0.15) is 13.3 Å². The van der Waals surface area contributed by atoms with Crippen molar-refractivity contribution in [3.63, 3.8) is 0 Å². The molecule has 2 aromatic carbocycles. The first kappa shape index (κ1) is 18.4. The Balaban J connectivity index is 2.19. The zero-order valence-electron chi connectivity index (χ0n) is 15.5. The molecule has 0 aliphatic rings. The molecule has 0 saturated carbocycles. The van der Waals surface area contributed by atoms with Crippen molar-refractivity contribution in [2.75, 3.05) is 19.5 Å². The molecular weight excluding hydrogens is 342 g/mol. The molecule has 0 aliphatic heterocycles. The van der Waals surface area contributed by atoms with E-state index in [-0.39, 0.29) is 11.9 Å². The Labute approximate surface area is 158 Å². The second kappa shape index (κ2) is 8.31. The van der Waals surface area contributed by atoms with Crippen LogP contribution in [0.15, 0.2) is 54.6 Å². The lowest BCUT2D eigenvalue weighted by molar-refractivity contribution is -0.115. The van der Waals surface area contributed by atoms with E-state index >= 15 is 0 Å². The number of methoxy groups -OCH3 is 2. The van der Waals surface area contributed by atoms with Gasteiger partial charge in [0.25, 0.3) is 0 Å². The van der Waals surface area contributed by atoms with Gasteiger partial charge in [-0.15, -0.1) is 0 Å². The van der Waals surface area contributed by atoms with Crippen molar-refractivity contribution < 1.29 is 14.3 Å². The summed E-state index contributed by atoms with van der Waals surface area (Å²) >= 11 is 0. The van der Waals surface area contributed by atoms with E-state index < -0.39 is 0 Å². The number of para-hydroxylation sites is 2. The fourth-order valence-electron chi connectivity index (χ4n) is 2.70. The number of carbonyl (C=O) groups excluding carboxylic acids is 1. The summed E-state index contributed by atoms with van der Waals surface area (Å²) in [5, 5.41) is 2.74. The summed E-state index contributed by atoms with van der Waals surface area (Å²) in [6.07, 6.45) is 0.340. The highest BCUT2D eigenvalue weighted by atomic mass is 16.5. The first-order valence-electron chi connectivity index (χ1n) is 8.62. The molecule has 1 aromatic heterocycles. The summed E-state index contributed by atoms with van der Waals surface area (Å²) in [6.45, 7) is 1.78. The number of benzene rings is 2. The molecule has 0 bridgehead atoms. The number of nitrogens with one attached hydrogen (secondary N) is 1. The molecule has 6 nitrogen and oxygen atoms in total. The minimum absolute atomic E-state index is 0.154. The number of ether oxygens (including phenoxy) is 2. The molecule has 0 saturated heterocycles. The average Bonchev–Trinajstić information content (AvgIpc) is 2.73. The van der Waals surface area contributed by atoms with Gasteiger partial charge >= 0.3 is 0 Å². The smallest absolute Gasteiger partial charge is 0.230 e. The zero-order valence-corrected chi connectivity index (χ0v) is 15.5. The molecule has 27 heavy (non-hydrogen) atoms. The number of carbonyl (C=O) groups is 1. The highest BCUT2D eigenvalue weighted by Crippen LogP contribution is 2.34. The van der Waals surface area contributed by atoms with Crippen molar-refractivity contribution in [2.24, 2.45) is 0 Å². The molecule has 0 unspecified atom stereocenters. The summed E-state index contributed by atoms with van der Waals surface area (Å²) in [5.41, 5.74) is 2.92. The van der Waals surface area contributed by atoms with Crippen molar-refractivity contribution in [1.29, 1.82) is 0 Å². The lowest BCUT2D eigenvalue weighted by Crippen LogP contribution is -2.13. The Morgan fingerprint density at radius 1 is 0.889 bits per heavy atom. The molecule has 3 rings (SSSR count). The van der Waals surface area contributed by atoms with E-state index in [1.807, 2.05) is 54.6 Å². The van der Waals surface area contributed by atoms with Crippen LogP contribution in [0.4, 0.5) is 5.95 Å². The zero-order chi connectivity index (χ0) is 19.2. The number of amides is 1. The lowest BCUT2D eigenvalue weighted by atomic mass is 10.1. The molecule has 1 heterocycles. The first-order chi connectivity index (χ1) is 13.2. The topological polar surface area (TPSA) is 73.3 Å². The quantitative estimate of drug-likeness (QED) is 0.711. The van der Waals surface area contributed by atoms with Gasteiger partial charge in [-0.05, 0) is 30.3 Å². The third-order valence-corrected chi connectivity index (χ3v) is 4.06. The number of nitrogens with zero attached hydrogens (tertiary/aromatic N) is 2. The fraction of sp³-hybridized carbons (Fsp3) is 0.190. The molecule has 0 atom stereocenters. The third kappa shape index (κ3) is 4.06. The van der Waals surface area contributed by atoms with Crippen molar-refractivity contribution in [3.05, 3.63) is 54.6 Å². The minimum Gasteiger partial charge on any atom is -0.496 e. The molecule has 0 radical (unpaired) electrons. The Kier molecular flexibility index (Phi) is 5.66. The highest BCUT2D eigenvalue weighted by Gasteiger charge is 2.15. The molecular formula is C21H21N3O3. The standard InChI is InChI=1S/C21H21N3O3/c1-4-20(25)24-21-22-16(14-9-5-7-11-18(14)26-2)13-17(23-21)15-10-6-8-12-19(15)27-3/h5-13H,4H2,1-3H3,(H,22,23,24,25). The number of hydrogen-bond acceptors (Lipinski definition) is 5. The molecule has 0 fully saturated rings. The third-order valence-electron chi connectivity index (χ3n) is 4.06. The van der Waals surface area contributed by atoms with Crippen LogP contribution in [0, 0.1) is 0 Å². The van der Waals surface area contributed by atoms with Gasteiger partial charge in [0.1, 0.15) is 11.5 Å². The van der Waals surface area contributed by atoms with Gasteiger partial charge in [0.2, 0.25) is 11.9 Å². The van der Waals surface area contributed by atoms with Crippen LogP contribution in [0.3, 0.4) is 0 Å². The normalized spacial score (nSPS) is 10.3. The molecule has 138 valence electrons. The highest BCUT2D eigenvalue weighted by molar-refractivity contribution is 5.89. The maximum Gasteiger partial charge on any atom is 0.230 e. The molecule has 6 heteroatoms. The van der Waals surface area contributed by atoms with Gasteiger partial charge in [-0.1, -0.05) is 31.2 Å². The summed E-state index contributed by atoms with van der Waals surface area (Å²) in [4.78, 5) is 20.9. The van der Waals surface area contributed by atoms with Gasteiger partial charge in [-0.3, -0.25) is 10.1 Å². The second-order valence-electron chi connectivity index (χ2n) is 5.76. The van der Waals surface area contributed by atoms with E-state index in [0.29, 0.717) is 29.3 Å². The van der Waals surface area contributed by atoms with Crippen LogP contribution in [0.2, 0.25) is 0 Å². The first-order valence-corrected chi connectivity index (χ1v) is 8.62. The van der Waals surface area contributed by atoms with Gasteiger partial charge in [0.05, 0.1) is 25.6 Å². The Morgan fingerprint density at radius 2 is 1.37 bits per heavy atom. The van der Waals surface area contributed by atoms with E-state index in [1.54, 1.807) is 21.1 Å². The van der Waals surface area contributed by atoms with E-state index in [4.69, 9.17) is 9.47 Å². The SMILES string of the molecule is CCC(=O)Nc1nc(-c2ccccc2OC)cc(-c2ccccc2OC)n1. The summed E-state index contributed by atoms with van der Waals surface area (Å²) in [5.74, 6) is 1.47. The number of anilines is 1. The average molecular weight is 363 g/mol. The van der Waals surface area contributed by atoms with Crippen molar-refractivity contribution >= 4 is 11.9 Å². The number of hydrogen-bond donors (Lipinski definition) is 1. The molecule has 0 spiro atoms. The fourth-order valence-corrected chi connectivity index (χ4v) is 2.70. The van der Waals surface area contributed by atoms with Crippen molar-refractivity contribution in [3.8, 4) is 34.0 Å². The van der Waals surface area contributed by atoms with Gasteiger partial charge in [-0.2, -0.15) is 0 Å². The van der Waals surface area contributed by atoms with E-state index in [9.17, 15) is 4.79 Å². The van der Waals surface area contributed by atoms with Crippen LogP contribution < -0.4 is 14.8 Å². The summed E-state index contributed by atoms with van der Waals surface area (Å²) in [7, 11) is 3.22. The van der Waals surface area contributed by atoms with Crippen LogP contribution >= 0.6 is 0 Å². The van der Waals surface area contributed by atoms with Gasteiger partial charge in [0, 0.05) is 17.5 Å². The summed E-state index contributed by atoms with van der Waals surface area (Å²) < 4.78 is 10.9. The number of rotatable bonds is 6.